The Morgan fingerprint density at radius 1 is 1.00 bits per heavy atom. The molecule has 5 rings (SSSR count). The molecular weight excluding hydrogens is 588 g/mol. The number of carbonyl (C=O) groups is 1. The van der Waals surface area contributed by atoms with Gasteiger partial charge in [-0.1, -0.05) is 28.1 Å². The second-order valence-corrected chi connectivity index (χ2v) is 11.4. The van der Waals surface area contributed by atoms with Crippen LogP contribution in [0.25, 0.3) is 0 Å². The molecule has 1 atom stereocenters. The molecule has 1 aromatic heterocycles. The van der Waals surface area contributed by atoms with E-state index in [1.807, 2.05) is 11.1 Å². The molecule has 0 saturated carbocycles. The molecule has 0 aliphatic carbocycles. The van der Waals surface area contributed by atoms with Gasteiger partial charge in [0.05, 0.1) is 33.2 Å². The van der Waals surface area contributed by atoms with Gasteiger partial charge in [-0.2, -0.15) is 0 Å². The summed E-state index contributed by atoms with van der Waals surface area (Å²) in [5.74, 6) is 2.20. The van der Waals surface area contributed by atoms with Crippen LogP contribution >= 0.6 is 15.9 Å². The lowest BCUT2D eigenvalue weighted by Gasteiger charge is -2.34. The Morgan fingerprint density at radius 2 is 1.71 bits per heavy atom. The van der Waals surface area contributed by atoms with Gasteiger partial charge in [0.1, 0.15) is 0 Å². The molecule has 220 valence electrons. The Morgan fingerprint density at radius 3 is 2.37 bits per heavy atom. The fourth-order valence-corrected chi connectivity index (χ4v) is 5.90. The van der Waals surface area contributed by atoms with Crippen molar-refractivity contribution in [1.82, 2.24) is 24.7 Å². The monoisotopic (exact) mass is 626 g/mol. The van der Waals surface area contributed by atoms with Gasteiger partial charge in [0.15, 0.2) is 17.4 Å². The molecule has 2 saturated heterocycles. The number of imidazole rings is 1. The molecule has 2 aliphatic rings. The van der Waals surface area contributed by atoms with E-state index in [2.05, 4.69) is 65.3 Å². The number of piperazine rings is 1. The summed E-state index contributed by atoms with van der Waals surface area (Å²) < 4.78 is 17.3. The quantitative estimate of drug-likeness (QED) is 0.326. The number of ether oxygens (including phenoxy) is 3. The minimum Gasteiger partial charge on any atom is -0.493 e. The largest absolute Gasteiger partial charge is 0.493 e. The number of benzene rings is 2. The van der Waals surface area contributed by atoms with Gasteiger partial charge in [-0.25, -0.2) is 4.98 Å². The molecule has 10 nitrogen and oxygen atoms in total. The van der Waals surface area contributed by atoms with Crippen molar-refractivity contribution in [3.63, 3.8) is 0 Å². The van der Waals surface area contributed by atoms with Gasteiger partial charge in [0, 0.05) is 61.9 Å². The number of likely N-dealkylation sites (tertiary alicyclic amines) is 1. The number of rotatable bonds is 11. The molecule has 41 heavy (non-hydrogen) atoms. The first-order valence-electron chi connectivity index (χ1n) is 14.0. The lowest BCUT2D eigenvalue weighted by atomic mass is 10.1. The van der Waals surface area contributed by atoms with Crippen molar-refractivity contribution in [3.05, 3.63) is 63.9 Å². The third-order valence-corrected chi connectivity index (χ3v) is 8.43. The van der Waals surface area contributed by atoms with E-state index in [4.69, 9.17) is 14.2 Å². The Balaban J connectivity index is 1.09. The molecule has 2 aromatic carbocycles. The van der Waals surface area contributed by atoms with Gasteiger partial charge >= 0.3 is 0 Å². The molecule has 1 amide bonds. The minimum atomic E-state index is -0.0435. The average molecular weight is 628 g/mol. The van der Waals surface area contributed by atoms with Crippen LogP contribution in [0.1, 0.15) is 34.5 Å². The SMILES string of the molecule is COc1cc(C(=O)N2CCN(Cc3cnc(NC[C@@H]4CCCN4Cc4ccc(Br)cc4)[nH]3)CC2)cc(OC)c1OC. The molecular formula is C30H39BrN6O4. The van der Waals surface area contributed by atoms with Gasteiger partial charge in [-0.05, 0) is 49.2 Å². The Bertz CT molecular complexity index is 1280. The molecule has 3 aromatic rings. The maximum atomic E-state index is 13.2. The summed E-state index contributed by atoms with van der Waals surface area (Å²) >= 11 is 3.52. The molecule has 0 bridgehead atoms. The van der Waals surface area contributed by atoms with E-state index in [-0.39, 0.29) is 5.91 Å². The molecule has 2 fully saturated rings. The predicted molar refractivity (Wildman–Crippen MR) is 162 cm³/mol. The second-order valence-electron chi connectivity index (χ2n) is 10.5. The van der Waals surface area contributed by atoms with Crippen molar-refractivity contribution in [3.8, 4) is 17.2 Å². The number of anilines is 1. The van der Waals surface area contributed by atoms with Gasteiger partial charge in [-0.15, -0.1) is 0 Å². The summed E-state index contributed by atoms with van der Waals surface area (Å²) in [5, 5.41) is 3.52. The lowest BCUT2D eigenvalue weighted by molar-refractivity contribution is 0.0626. The van der Waals surface area contributed by atoms with Crippen molar-refractivity contribution in [2.75, 3.05) is 65.9 Å². The highest BCUT2D eigenvalue weighted by Gasteiger charge is 2.26. The second kappa shape index (κ2) is 13.6. The van der Waals surface area contributed by atoms with Crippen LogP contribution in [0.3, 0.4) is 0 Å². The molecule has 0 unspecified atom stereocenters. The highest BCUT2D eigenvalue weighted by atomic mass is 79.9. The van der Waals surface area contributed by atoms with Gasteiger partial charge in [-0.3, -0.25) is 14.6 Å². The van der Waals surface area contributed by atoms with Crippen molar-refractivity contribution in [2.24, 2.45) is 0 Å². The maximum absolute atomic E-state index is 13.2. The smallest absolute Gasteiger partial charge is 0.254 e. The Kier molecular flexibility index (Phi) is 9.68. The first kappa shape index (κ1) is 29.2. The van der Waals surface area contributed by atoms with E-state index in [1.165, 1.54) is 18.4 Å². The van der Waals surface area contributed by atoms with E-state index in [1.54, 1.807) is 33.5 Å². The van der Waals surface area contributed by atoms with Crippen molar-refractivity contribution >= 4 is 27.8 Å². The van der Waals surface area contributed by atoms with Gasteiger partial charge in [0.25, 0.3) is 5.91 Å². The van der Waals surface area contributed by atoms with Crippen LogP contribution in [0.15, 0.2) is 47.1 Å². The van der Waals surface area contributed by atoms with Crippen LogP contribution in [0, 0.1) is 0 Å². The van der Waals surface area contributed by atoms with Gasteiger partial charge < -0.3 is 29.4 Å². The van der Waals surface area contributed by atoms with E-state index in [0.29, 0.717) is 41.9 Å². The number of nitrogens with zero attached hydrogens (tertiary/aromatic N) is 4. The number of amides is 1. The standard InChI is InChI=1S/C30H39BrN6O4/c1-39-26-15-22(16-27(40-2)28(26)41-3)29(38)36-13-11-35(12-14-36)20-24-17-32-30(34-24)33-18-25-5-4-10-37(25)19-21-6-8-23(31)9-7-21/h6-9,15-17,25H,4-5,10-14,18-20H2,1-3H3,(H2,32,33,34)/t25-/m0/s1. The number of methoxy groups -OCH3 is 3. The van der Waals surface area contributed by atoms with Crippen LogP contribution in [0.4, 0.5) is 5.95 Å². The number of aromatic nitrogens is 2. The third-order valence-electron chi connectivity index (χ3n) is 7.90. The van der Waals surface area contributed by atoms with Crippen molar-refractivity contribution < 1.29 is 19.0 Å². The average Bonchev–Trinajstić information content (AvgIpc) is 3.65. The van der Waals surface area contributed by atoms with E-state index in [9.17, 15) is 4.79 Å². The Hall–Kier alpha value is -3.28. The summed E-state index contributed by atoms with van der Waals surface area (Å²) in [6, 6.07) is 12.5. The van der Waals surface area contributed by atoms with E-state index < -0.39 is 0 Å². The number of H-pyrrole nitrogens is 1. The van der Waals surface area contributed by atoms with Crippen LogP contribution in [-0.4, -0.2) is 97.2 Å². The highest BCUT2D eigenvalue weighted by Crippen LogP contribution is 2.38. The highest BCUT2D eigenvalue weighted by molar-refractivity contribution is 9.10. The predicted octanol–water partition coefficient (Wildman–Crippen LogP) is 4.23. The molecule has 2 aliphatic heterocycles. The van der Waals surface area contributed by atoms with Crippen molar-refractivity contribution in [1.29, 1.82) is 0 Å². The summed E-state index contributed by atoms with van der Waals surface area (Å²) in [6.07, 6.45) is 4.32. The van der Waals surface area contributed by atoms with E-state index >= 15 is 0 Å². The first-order chi connectivity index (χ1) is 20.0. The number of halogens is 1. The fraction of sp³-hybridized carbons (Fsp3) is 0.467. The van der Waals surface area contributed by atoms with Crippen LogP contribution < -0.4 is 19.5 Å². The number of carbonyl (C=O) groups excluding carboxylic acids is 1. The Labute approximate surface area is 250 Å². The number of aromatic amines is 1. The first-order valence-corrected chi connectivity index (χ1v) is 14.8. The van der Waals surface area contributed by atoms with Crippen LogP contribution in [0.2, 0.25) is 0 Å². The molecule has 11 heteroatoms. The minimum absolute atomic E-state index is 0.0435. The number of hydrogen-bond acceptors (Lipinski definition) is 8. The summed E-state index contributed by atoms with van der Waals surface area (Å²) in [4.78, 5) is 28.0. The number of nitrogens with one attached hydrogen (secondary N) is 2. The van der Waals surface area contributed by atoms with Crippen LogP contribution in [-0.2, 0) is 13.1 Å². The molecule has 0 radical (unpaired) electrons. The normalized spacial score (nSPS) is 18.0. The molecule has 2 N–H and O–H groups in total. The van der Waals surface area contributed by atoms with E-state index in [0.717, 1.165) is 55.4 Å². The molecule has 0 spiro atoms. The lowest BCUT2D eigenvalue weighted by Crippen LogP contribution is -2.48. The zero-order valence-corrected chi connectivity index (χ0v) is 25.6. The fourth-order valence-electron chi connectivity index (χ4n) is 5.64. The zero-order valence-electron chi connectivity index (χ0n) is 24.0. The summed E-state index contributed by atoms with van der Waals surface area (Å²) in [5.41, 5.74) is 2.93. The number of hydrogen-bond donors (Lipinski definition) is 2. The summed E-state index contributed by atoms with van der Waals surface area (Å²) in [6.45, 7) is 6.58. The third kappa shape index (κ3) is 7.14. The van der Waals surface area contributed by atoms with Crippen LogP contribution in [0.5, 0.6) is 17.2 Å². The maximum Gasteiger partial charge on any atom is 0.254 e. The van der Waals surface area contributed by atoms with Crippen molar-refractivity contribution in [2.45, 2.75) is 32.0 Å². The summed E-state index contributed by atoms with van der Waals surface area (Å²) in [7, 11) is 4.65. The topological polar surface area (TPSA) is 95.2 Å². The molecule has 3 heterocycles. The van der Waals surface area contributed by atoms with Gasteiger partial charge in [0.2, 0.25) is 5.75 Å². The zero-order chi connectivity index (χ0) is 28.8.